The van der Waals surface area contributed by atoms with Crippen LogP contribution in [0.3, 0.4) is 0 Å². The molecule has 0 aliphatic heterocycles. The van der Waals surface area contributed by atoms with Gasteiger partial charge in [0.05, 0.1) is 6.42 Å². The van der Waals surface area contributed by atoms with E-state index in [9.17, 15) is 9.59 Å². The minimum Gasteiger partial charge on any atom is -0.481 e. The highest BCUT2D eigenvalue weighted by atomic mass is 32.2. The van der Waals surface area contributed by atoms with Crippen molar-refractivity contribution in [3.63, 3.8) is 0 Å². The second-order valence-corrected chi connectivity index (χ2v) is 4.31. The molecule has 0 spiro atoms. The van der Waals surface area contributed by atoms with Gasteiger partial charge in [0.25, 0.3) is 0 Å². The Bertz CT molecular complexity index is 193. The quantitative estimate of drug-likeness (QED) is 0.610. The lowest BCUT2D eigenvalue weighted by molar-refractivity contribution is -0.142. The number of unbranched alkanes of at least 4 members (excludes halogenated alkanes) is 2. The number of carboxylic acid groups (broad SMARTS) is 2. The molecule has 0 aliphatic carbocycles. The van der Waals surface area contributed by atoms with E-state index in [1.165, 1.54) is 11.8 Å². The van der Waals surface area contributed by atoms with E-state index in [2.05, 4.69) is 6.92 Å². The first-order valence-electron chi connectivity index (χ1n) is 4.64. The Morgan fingerprint density at radius 3 is 2.36 bits per heavy atom. The van der Waals surface area contributed by atoms with E-state index in [1.54, 1.807) is 0 Å². The molecule has 0 aliphatic rings. The summed E-state index contributed by atoms with van der Waals surface area (Å²) in [5, 5.41) is 16.4. The van der Waals surface area contributed by atoms with E-state index in [4.69, 9.17) is 10.2 Å². The summed E-state index contributed by atoms with van der Waals surface area (Å²) in [5.74, 6) is -1.37. The predicted molar refractivity (Wildman–Crippen MR) is 55.7 cm³/mol. The van der Waals surface area contributed by atoms with Crippen LogP contribution in [0.5, 0.6) is 0 Å². The molecule has 0 saturated carbocycles. The van der Waals surface area contributed by atoms with Crippen molar-refractivity contribution in [1.29, 1.82) is 0 Å². The van der Waals surface area contributed by atoms with E-state index in [1.807, 2.05) is 0 Å². The SMILES string of the molecule is CCCCCSC(CC(=O)O)C(=O)O. The van der Waals surface area contributed by atoms with E-state index in [0.717, 1.165) is 25.0 Å². The lowest BCUT2D eigenvalue weighted by atomic mass is 10.3. The number of aliphatic carboxylic acids is 2. The number of carboxylic acids is 2. The summed E-state index contributed by atoms with van der Waals surface area (Å²) >= 11 is 1.22. The zero-order valence-corrected chi connectivity index (χ0v) is 9.05. The summed E-state index contributed by atoms with van der Waals surface area (Å²) < 4.78 is 0. The van der Waals surface area contributed by atoms with Crippen LogP contribution in [0.15, 0.2) is 0 Å². The van der Waals surface area contributed by atoms with Gasteiger partial charge in [-0.15, -0.1) is 11.8 Å². The molecular weight excluding hydrogens is 204 g/mol. The van der Waals surface area contributed by atoms with Crippen LogP contribution in [0.1, 0.15) is 32.6 Å². The van der Waals surface area contributed by atoms with E-state index in [0.29, 0.717) is 0 Å². The zero-order chi connectivity index (χ0) is 11.0. The minimum atomic E-state index is -1.06. The monoisotopic (exact) mass is 220 g/mol. The molecule has 1 unspecified atom stereocenters. The topological polar surface area (TPSA) is 74.6 Å². The summed E-state index contributed by atoms with van der Waals surface area (Å²) in [5.41, 5.74) is 0. The Kier molecular flexibility index (Phi) is 7.28. The normalized spacial score (nSPS) is 12.4. The van der Waals surface area contributed by atoms with Crippen molar-refractivity contribution in [1.82, 2.24) is 0 Å². The van der Waals surface area contributed by atoms with Gasteiger partial charge < -0.3 is 10.2 Å². The van der Waals surface area contributed by atoms with Gasteiger partial charge in [-0.1, -0.05) is 19.8 Å². The van der Waals surface area contributed by atoms with Crippen LogP contribution in [0.25, 0.3) is 0 Å². The van der Waals surface area contributed by atoms with Crippen molar-refractivity contribution < 1.29 is 19.8 Å². The molecule has 2 N–H and O–H groups in total. The van der Waals surface area contributed by atoms with Crippen LogP contribution in [-0.2, 0) is 9.59 Å². The average Bonchev–Trinajstić information content (AvgIpc) is 2.09. The maximum Gasteiger partial charge on any atom is 0.317 e. The maximum atomic E-state index is 10.6. The van der Waals surface area contributed by atoms with Crippen molar-refractivity contribution in [3.05, 3.63) is 0 Å². The molecule has 0 rings (SSSR count). The molecule has 0 aromatic carbocycles. The fraction of sp³-hybridized carbons (Fsp3) is 0.778. The third-order valence-electron chi connectivity index (χ3n) is 1.70. The second-order valence-electron chi connectivity index (χ2n) is 3.00. The Labute approximate surface area is 87.7 Å². The Hall–Kier alpha value is -0.710. The van der Waals surface area contributed by atoms with Gasteiger partial charge >= 0.3 is 11.9 Å². The first kappa shape index (κ1) is 13.3. The molecule has 0 aromatic heterocycles. The van der Waals surface area contributed by atoms with Crippen molar-refractivity contribution in [2.75, 3.05) is 5.75 Å². The molecule has 1 atom stereocenters. The summed E-state index contributed by atoms with van der Waals surface area (Å²) in [6, 6.07) is 0. The van der Waals surface area contributed by atoms with E-state index >= 15 is 0 Å². The third kappa shape index (κ3) is 6.77. The van der Waals surface area contributed by atoms with Crippen molar-refractivity contribution >= 4 is 23.7 Å². The molecule has 0 aromatic rings. The number of rotatable bonds is 8. The van der Waals surface area contributed by atoms with Crippen LogP contribution in [0, 0.1) is 0 Å². The Morgan fingerprint density at radius 2 is 1.93 bits per heavy atom. The molecule has 14 heavy (non-hydrogen) atoms. The molecule has 5 heteroatoms. The standard InChI is InChI=1S/C9H16O4S/c1-2-3-4-5-14-7(9(12)13)6-8(10)11/h7H,2-6H2,1H3,(H,10,11)(H,12,13). The van der Waals surface area contributed by atoms with Gasteiger partial charge in [-0.3, -0.25) is 9.59 Å². The van der Waals surface area contributed by atoms with E-state index in [-0.39, 0.29) is 6.42 Å². The smallest absolute Gasteiger partial charge is 0.317 e. The van der Waals surface area contributed by atoms with Gasteiger partial charge in [-0.2, -0.15) is 0 Å². The fourth-order valence-corrected chi connectivity index (χ4v) is 2.01. The number of carbonyl (C=O) groups is 2. The van der Waals surface area contributed by atoms with Crippen LogP contribution in [-0.4, -0.2) is 33.2 Å². The lowest BCUT2D eigenvalue weighted by Crippen LogP contribution is -2.20. The van der Waals surface area contributed by atoms with Crippen LogP contribution in [0.4, 0.5) is 0 Å². The highest BCUT2D eigenvalue weighted by Crippen LogP contribution is 2.17. The zero-order valence-electron chi connectivity index (χ0n) is 8.23. The van der Waals surface area contributed by atoms with Crippen LogP contribution < -0.4 is 0 Å². The van der Waals surface area contributed by atoms with Crippen LogP contribution in [0.2, 0.25) is 0 Å². The van der Waals surface area contributed by atoms with Crippen molar-refractivity contribution in [2.24, 2.45) is 0 Å². The first-order valence-corrected chi connectivity index (χ1v) is 5.69. The molecule has 0 heterocycles. The summed E-state index contributed by atoms with van der Waals surface area (Å²) in [7, 11) is 0. The number of hydrogen-bond acceptors (Lipinski definition) is 3. The van der Waals surface area contributed by atoms with Gasteiger partial charge in [0.15, 0.2) is 0 Å². The first-order chi connectivity index (χ1) is 6.57. The van der Waals surface area contributed by atoms with Gasteiger partial charge in [0, 0.05) is 0 Å². The molecule has 4 nitrogen and oxygen atoms in total. The van der Waals surface area contributed by atoms with Gasteiger partial charge in [0.2, 0.25) is 0 Å². The van der Waals surface area contributed by atoms with Gasteiger partial charge in [-0.05, 0) is 12.2 Å². The minimum absolute atomic E-state index is 0.299. The molecule has 0 fully saturated rings. The fourth-order valence-electron chi connectivity index (χ4n) is 0.954. The van der Waals surface area contributed by atoms with Crippen molar-refractivity contribution in [2.45, 2.75) is 37.9 Å². The van der Waals surface area contributed by atoms with Gasteiger partial charge in [0.1, 0.15) is 5.25 Å². The maximum absolute atomic E-state index is 10.6. The number of hydrogen-bond donors (Lipinski definition) is 2. The molecule has 82 valence electrons. The second kappa shape index (κ2) is 7.67. The molecule has 0 saturated heterocycles. The predicted octanol–water partition coefficient (Wildman–Crippen LogP) is 1.84. The highest BCUT2D eigenvalue weighted by molar-refractivity contribution is 8.00. The summed E-state index contributed by atoms with van der Waals surface area (Å²) in [6.45, 7) is 2.07. The van der Waals surface area contributed by atoms with Crippen LogP contribution >= 0.6 is 11.8 Å². The van der Waals surface area contributed by atoms with Gasteiger partial charge in [-0.25, -0.2) is 0 Å². The molecule has 0 radical (unpaired) electrons. The average molecular weight is 220 g/mol. The Balaban J connectivity index is 3.74. The van der Waals surface area contributed by atoms with Crippen molar-refractivity contribution in [3.8, 4) is 0 Å². The molecule has 0 amide bonds. The molecule has 0 bridgehead atoms. The Morgan fingerprint density at radius 1 is 1.29 bits per heavy atom. The third-order valence-corrected chi connectivity index (χ3v) is 3.00. The lowest BCUT2D eigenvalue weighted by Gasteiger charge is -2.08. The van der Waals surface area contributed by atoms with E-state index < -0.39 is 17.2 Å². The summed E-state index contributed by atoms with van der Waals surface area (Å²) in [4.78, 5) is 20.9. The largest absolute Gasteiger partial charge is 0.481 e. The molecular formula is C9H16O4S. The number of thioether (sulfide) groups is 1. The summed E-state index contributed by atoms with van der Waals surface area (Å²) in [6.07, 6.45) is 2.79. The highest BCUT2D eigenvalue weighted by Gasteiger charge is 2.20.